The van der Waals surface area contributed by atoms with Gasteiger partial charge in [0.15, 0.2) is 15.5 Å². The highest BCUT2D eigenvalue weighted by Gasteiger charge is 2.21. The van der Waals surface area contributed by atoms with Crippen LogP contribution in [0.4, 0.5) is 5.82 Å². The van der Waals surface area contributed by atoms with Crippen LogP contribution in [0.15, 0.2) is 17.2 Å². The van der Waals surface area contributed by atoms with Gasteiger partial charge < -0.3 is 5.73 Å². The van der Waals surface area contributed by atoms with Gasteiger partial charge >= 0.3 is 0 Å². The van der Waals surface area contributed by atoms with Crippen molar-refractivity contribution in [3.8, 4) is 0 Å². The minimum Gasteiger partial charge on any atom is -0.383 e. The molecular formula is C11H16N4O2S. The highest BCUT2D eigenvalue weighted by Crippen LogP contribution is 2.25. The molecule has 0 aliphatic carbocycles. The SMILES string of the molecule is CC(C)(C)n1ncc2cc(S(C)(=O)=O)c(N)nc21. The fourth-order valence-electron chi connectivity index (χ4n) is 1.74. The molecule has 0 amide bonds. The standard InChI is InChI=1S/C11H16N4O2S/c1-11(2,3)15-10-7(6-13-15)5-8(9(12)14-10)18(4,16)17/h5-6H,1-4H3,(H2,12,14). The number of sulfone groups is 1. The summed E-state index contributed by atoms with van der Waals surface area (Å²) in [6, 6.07) is 1.52. The van der Waals surface area contributed by atoms with Crippen LogP contribution in [0.2, 0.25) is 0 Å². The minimum atomic E-state index is -3.38. The summed E-state index contributed by atoms with van der Waals surface area (Å²) in [6.45, 7) is 5.96. The molecule has 0 aliphatic heterocycles. The molecule has 2 heterocycles. The van der Waals surface area contributed by atoms with Crippen LogP contribution in [-0.4, -0.2) is 29.4 Å². The Morgan fingerprint density at radius 2 is 1.94 bits per heavy atom. The summed E-state index contributed by atoms with van der Waals surface area (Å²) in [4.78, 5) is 4.21. The number of hydrogen-bond acceptors (Lipinski definition) is 5. The lowest BCUT2D eigenvalue weighted by Crippen LogP contribution is -2.23. The number of pyridine rings is 1. The third kappa shape index (κ3) is 2.05. The van der Waals surface area contributed by atoms with Crippen LogP contribution < -0.4 is 5.73 Å². The van der Waals surface area contributed by atoms with Crippen molar-refractivity contribution in [1.82, 2.24) is 14.8 Å². The van der Waals surface area contributed by atoms with E-state index >= 15 is 0 Å². The van der Waals surface area contributed by atoms with Gasteiger partial charge in [0.25, 0.3) is 0 Å². The van der Waals surface area contributed by atoms with Gasteiger partial charge in [-0.05, 0) is 26.8 Å². The van der Waals surface area contributed by atoms with E-state index in [1.807, 2.05) is 20.8 Å². The molecule has 2 N–H and O–H groups in total. The molecule has 0 unspecified atom stereocenters. The number of fused-ring (bicyclic) bond motifs is 1. The molecule has 0 saturated heterocycles. The second-order valence-corrected chi connectivity index (χ2v) is 7.27. The van der Waals surface area contributed by atoms with Crippen molar-refractivity contribution in [3.05, 3.63) is 12.3 Å². The molecule has 0 atom stereocenters. The van der Waals surface area contributed by atoms with Gasteiger partial charge in [-0.25, -0.2) is 18.1 Å². The van der Waals surface area contributed by atoms with Crippen molar-refractivity contribution in [1.29, 1.82) is 0 Å². The Labute approximate surface area is 106 Å². The molecule has 18 heavy (non-hydrogen) atoms. The number of nitrogens with two attached hydrogens (primary N) is 1. The lowest BCUT2D eigenvalue weighted by molar-refractivity contribution is 0.366. The fourth-order valence-corrected chi connectivity index (χ4v) is 2.51. The summed E-state index contributed by atoms with van der Waals surface area (Å²) >= 11 is 0. The summed E-state index contributed by atoms with van der Waals surface area (Å²) in [5.74, 6) is 0.0102. The average molecular weight is 268 g/mol. The molecule has 2 aromatic heterocycles. The molecule has 2 rings (SSSR count). The number of hydrogen-bond donors (Lipinski definition) is 1. The van der Waals surface area contributed by atoms with Crippen LogP contribution in [0.25, 0.3) is 11.0 Å². The largest absolute Gasteiger partial charge is 0.383 e. The molecule has 0 aromatic carbocycles. The molecule has 6 nitrogen and oxygen atoms in total. The Morgan fingerprint density at radius 1 is 1.33 bits per heavy atom. The van der Waals surface area contributed by atoms with Gasteiger partial charge in [-0.3, -0.25) is 0 Å². The fraction of sp³-hybridized carbons (Fsp3) is 0.455. The third-order valence-corrected chi connectivity index (χ3v) is 3.70. The zero-order valence-corrected chi connectivity index (χ0v) is 11.6. The molecule has 0 radical (unpaired) electrons. The Balaban J connectivity index is 2.79. The van der Waals surface area contributed by atoms with E-state index in [0.717, 1.165) is 6.26 Å². The topological polar surface area (TPSA) is 90.9 Å². The van der Waals surface area contributed by atoms with Crippen molar-refractivity contribution < 1.29 is 8.42 Å². The molecule has 2 aromatic rings. The van der Waals surface area contributed by atoms with Crippen molar-refractivity contribution in [2.24, 2.45) is 0 Å². The summed E-state index contributed by atoms with van der Waals surface area (Å²) in [5, 5.41) is 4.90. The van der Waals surface area contributed by atoms with E-state index in [4.69, 9.17) is 5.73 Å². The van der Waals surface area contributed by atoms with Gasteiger partial charge in [-0.1, -0.05) is 0 Å². The lowest BCUT2D eigenvalue weighted by Gasteiger charge is -2.19. The highest BCUT2D eigenvalue weighted by atomic mass is 32.2. The molecule has 7 heteroatoms. The van der Waals surface area contributed by atoms with Gasteiger partial charge in [-0.15, -0.1) is 0 Å². The average Bonchev–Trinajstić information content (AvgIpc) is 2.56. The van der Waals surface area contributed by atoms with Gasteiger partial charge in [0.2, 0.25) is 0 Å². The Kier molecular flexibility index (Phi) is 2.62. The van der Waals surface area contributed by atoms with Gasteiger partial charge in [0.1, 0.15) is 10.7 Å². The first-order valence-electron chi connectivity index (χ1n) is 5.45. The predicted octanol–water partition coefficient (Wildman–Crippen LogP) is 1.17. The molecular weight excluding hydrogens is 252 g/mol. The highest BCUT2D eigenvalue weighted by molar-refractivity contribution is 7.90. The van der Waals surface area contributed by atoms with Crippen LogP contribution >= 0.6 is 0 Å². The second-order valence-electron chi connectivity index (χ2n) is 5.28. The van der Waals surface area contributed by atoms with E-state index in [9.17, 15) is 8.42 Å². The van der Waals surface area contributed by atoms with Crippen molar-refractivity contribution in [2.75, 3.05) is 12.0 Å². The van der Waals surface area contributed by atoms with Crippen LogP contribution in [0.1, 0.15) is 20.8 Å². The van der Waals surface area contributed by atoms with E-state index in [1.54, 1.807) is 10.9 Å². The molecule has 0 saturated carbocycles. The second kappa shape index (κ2) is 3.68. The minimum absolute atomic E-state index is 0.0102. The number of nitrogens with zero attached hydrogens (tertiary/aromatic N) is 3. The smallest absolute Gasteiger partial charge is 0.179 e. The number of rotatable bonds is 1. The van der Waals surface area contributed by atoms with Crippen LogP contribution in [0.3, 0.4) is 0 Å². The quantitative estimate of drug-likeness (QED) is 0.838. The normalized spacial score (nSPS) is 13.1. The van der Waals surface area contributed by atoms with Crippen molar-refractivity contribution in [2.45, 2.75) is 31.2 Å². The summed E-state index contributed by atoms with van der Waals surface area (Å²) < 4.78 is 24.8. The maximum atomic E-state index is 11.6. The van der Waals surface area contributed by atoms with Crippen LogP contribution in [0.5, 0.6) is 0 Å². The molecule has 98 valence electrons. The molecule has 0 bridgehead atoms. The molecule has 0 fully saturated rings. The Morgan fingerprint density at radius 3 is 2.44 bits per heavy atom. The summed E-state index contributed by atoms with van der Waals surface area (Å²) in [5.41, 5.74) is 6.06. The lowest BCUT2D eigenvalue weighted by atomic mass is 10.1. The predicted molar refractivity (Wildman–Crippen MR) is 70.0 cm³/mol. The van der Waals surface area contributed by atoms with E-state index in [0.29, 0.717) is 11.0 Å². The zero-order chi connectivity index (χ0) is 13.7. The maximum Gasteiger partial charge on any atom is 0.179 e. The van der Waals surface area contributed by atoms with E-state index < -0.39 is 9.84 Å². The Bertz CT molecular complexity index is 710. The van der Waals surface area contributed by atoms with Gasteiger partial charge in [-0.2, -0.15) is 5.10 Å². The number of aromatic nitrogens is 3. The zero-order valence-electron chi connectivity index (χ0n) is 10.8. The van der Waals surface area contributed by atoms with Crippen LogP contribution in [-0.2, 0) is 15.4 Å². The first-order chi connectivity index (χ1) is 8.10. The summed E-state index contributed by atoms with van der Waals surface area (Å²) in [6.07, 6.45) is 2.71. The molecule has 0 spiro atoms. The third-order valence-electron chi connectivity index (χ3n) is 2.57. The monoisotopic (exact) mass is 268 g/mol. The van der Waals surface area contributed by atoms with Gasteiger partial charge in [0, 0.05) is 11.6 Å². The first-order valence-corrected chi connectivity index (χ1v) is 7.34. The van der Waals surface area contributed by atoms with E-state index in [2.05, 4.69) is 10.1 Å². The number of nitrogen functional groups attached to an aromatic ring is 1. The van der Waals surface area contributed by atoms with Crippen LogP contribution in [0, 0.1) is 0 Å². The summed E-state index contributed by atoms with van der Waals surface area (Å²) in [7, 11) is -3.38. The van der Waals surface area contributed by atoms with Crippen molar-refractivity contribution in [3.63, 3.8) is 0 Å². The first kappa shape index (κ1) is 12.8. The van der Waals surface area contributed by atoms with E-state index in [-0.39, 0.29) is 16.3 Å². The van der Waals surface area contributed by atoms with Crippen molar-refractivity contribution >= 4 is 26.7 Å². The van der Waals surface area contributed by atoms with E-state index in [1.165, 1.54) is 6.07 Å². The van der Waals surface area contributed by atoms with Gasteiger partial charge in [0.05, 0.1) is 11.7 Å². The maximum absolute atomic E-state index is 11.6. The molecule has 0 aliphatic rings. The number of anilines is 1. The Hall–Kier alpha value is -1.63.